The maximum Gasteiger partial charge on any atom is 0.227 e. The Balaban J connectivity index is 1.94. The fourth-order valence-electron chi connectivity index (χ4n) is 3.02. The highest BCUT2D eigenvalue weighted by Gasteiger charge is 2.40. The predicted molar refractivity (Wildman–Crippen MR) is 82.7 cm³/mol. The van der Waals surface area contributed by atoms with E-state index in [1.807, 2.05) is 31.2 Å². The molecule has 1 saturated carbocycles. The lowest BCUT2D eigenvalue weighted by Crippen LogP contribution is -2.47. The van der Waals surface area contributed by atoms with Crippen molar-refractivity contribution < 1.29 is 4.79 Å². The molecule has 110 valence electrons. The zero-order chi connectivity index (χ0) is 14.6. The molecule has 0 spiro atoms. The third kappa shape index (κ3) is 3.53. The molecule has 1 aromatic rings. The maximum absolute atomic E-state index is 12.4. The van der Waals surface area contributed by atoms with Crippen molar-refractivity contribution in [1.82, 2.24) is 5.32 Å². The van der Waals surface area contributed by atoms with E-state index in [1.54, 1.807) is 0 Å². The first-order chi connectivity index (χ1) is 9.55. The van der Waals surface area contributed by atoms with E-state index in [4.69, 9.17) is 17.3 Å². The second-order valence-electron chi connectivity index (χ2n) is 5.90. The molecule has 0 radical (unpaired) electrons. The van der Waals surface area contributed by atoms with Gasteiger partial charge in [-0.2, -0.15) is 0 Å². The van der Waals surface area contributed by atoms with Gasteiger partial charge in [0, 0.05) is 17.6 Å². The van der Waals surface area contributed by atoms with Gasteiger partial charge in [0.15, 0.2) is 0 Å². The van der Waals surface area contributed by atoms with Crippen LogP contribution in [0.5, 0.6) is 0 Å². The summed E-state index contributed by atoms with van der Waals surface area (Å²) in [7, 11) is 0. The Morgan fingerprint density at radius 3 is 2.75 bits per heavy atom. The summed E-state index contributed by atoms with van der Waals surface area (Å²) in [5.74, 6) is 0.118. The van der Waals surface area contributed by atoms with Crippen LogP contribution in [0.25, 0.3) is 0 Å². The van der Waals surface area contributed by atoms with E-state index >= 15 is 0 Å². The molecule has 3 nitrogen and oxygen atoms in total. The van der Waals surface area contributed by atoms with E-state index in [-0.39, 0.29) is 17.4 Å². The van der Waals surface area contributed by atoms with Crippen LogP contribution < -0.4 is 11.1 Å². The Morgan fingerprint density at radius 1 is 1.45 bits per heavy atom. The summed E-state index contributed by atoms with van der Waals surface area (Å²) in [6.45, 7) is 2.47. The Hall–Kier alpha value is -1.06. The molecule has 1 aliphatic carbocycles. The lowest BCUT2D eigenvalue weighted by Gasteiger charge is -2.28. The number of amides is 1. The number of carbonyl (C=O) groups is 1. The van der Waals surface area contributed by atoms with Gasteiger partial charge in [-0.1, -0.05) is 36.6 Å². The fraction of sp³-hybridized carbons (Fsp3) is 0.562. The van der Waals surface area contributed by atoms with Crippen LogP contribution in [-0.4, -0.2) is 18.5 Å². The standard InChI is InChI=1S/C16H23ClN2O/c1-12(9-13-5-4-6-14(17)10-13)19-15(20)16(11-18)7-2-3-8-16/h4-6,10,12H,2-3,7-9,11,18H2,1H3,(H,19,20). The molecule has 1 aromatic carbocycles. The minimum absolute atomic E-state index is 0.0880. The van der Waals surface area contributed by atoms with Crippen molar-refractivity contribution in [3.8, 4) is 0 Å². The molecule has 0 saturated heterocycles. The quantitative estimate of drug-likeness (QED) is 0.877. The lowest BCUT2D eigenvalue weighted by atomic mass is 9.85. The van der Waals surface area contributed by atoms with Gasteiger partial charge in [-0.25, -0.2) is 0 Å². The van der Waals surface area contributed by atoms with Gasteiger partial charge in [-0.3, -0.25) is 4.79 Å². The molecule has 20 heavy (non-hydrogen) atoms. The number of nitrogens with one attached hydrogen (secondary N) is 1. The second-order valence-corrected chi connectivity index (χ2v) is 6.34. The SMILES string of the molecule is CC(Cc1cccc(Cl)c1)NC(=O)C1(CN)CCCC1. The van der Waals surface area contributed by atoms with Crippen molar-refractivity contribution in [2.45, 2.75) is 45.1 Å². The Kier molecular flexibility index (Phi) is 5.06. The van der Waals surface area contributed by atoms with Crippen LogP contribution in [0, 0.1) is 5.41 Å². The molecule has 1 unspecified atom stereocenters. The van der Waals surface area contributed by atoms with Gasteiger partial charge in [0.2, 0.25) is 5.91 Å². The second kappa shape index (κ2) is 6.59. The molecule has 4 heteroatoms. The van der Waals surface area contributed by atoms with E-state index in [1.165, 1.54) is 0 Å². The third-order valence-electron chi connectivity index (χ3n) is 4.24. The molecule has 1 fully saturated rings. The minimum atomic E-state index is -0.331. The summed E-state index contributed by atoms with van der Waals surface area (Å²) >= 11 is 5.98. The molecular formula is C16H23ClN2O. The first kappa shape index (κ1) is 15.3. The number of hydrogen-bond acceptors (Lipinski definition) is 2. The average molecular weight is 295 g/mol. The topological polar surface area (TPSA) is 55.1 Å². The third-order valence-corrected chi connectivity index (χ3v) is 4.48. The number of benzene rings is 1. The van der Waals surface area contributed by atoms with Crippen LogP contribution >= 0.6 is 11.6 Å². The summed E-state index contributed by atoms with van der Waals surface area (Å²) in [5, 5.41) is 3.85. The van der Waals surface area contributed by atoms with E-state index < -0.39 is 0 Å². The van der Waals surface area contributed by atoms with E-state index in [2.05, 4.69) is 5.32 Å². The summed E-state index contributed by atoms with van der Waals surface area (Å²) in [6, 6.07) is 7.85. The first-order valence-electron chi connectivity index (χ1n) is 7.31. The largest absolute Gasteiger partial charge is 0.353 e. The van der Waals surface area contributed by atoms with Gasteiger partial charge in [-0.05, 0) is 43.9 Å². The van der Waals surface area contributed by atoms with E-state index in [9.17, 15) is 4.79 Å². The maximum atomic E-state index is 12.4. The van der Waals surface area contributed by atoms with Crippen molar-refractivity contribution >= 4 is 17.5 Å². The highest BCUT2D eigenvalue weighted by atomic mass is 35.5. The lowest BCUT2D eigenvalue weighted by molar-refractivity contribution is -0.130. The molecule has 3 N–H and O–H groups in total. The normalized spacial score (nSPS) is 18.8. The van der Waals surface area contributed by atoms with Crippen LogP contribution in [0.2, 0.25) is 5.02 Å². The monoisotopic (exact) mass is 294 g/mol. The van der Waals surface area contributed by atoms with Crippen molar-refractivity contribution in [2.75, 3.05) is 6.54 Å². The number of halogens is 1. The van der Waals surface area contributed by atoms with Gasteiger partial charge < -0.3 is 11.1 Å². The molecule has 0 bridgehead atoms. The zero-order valence-corrected chi connectivity index (χ0v) is 12.7. The zero-order valence-electron chi connectivity index (χ0n) is 12.0. The molecular weight excluding hydrogens is 272 g/mol. The van der Waals surface area contributed by atoms with Crippen LogP contribution in [0.1, 0.15) is 38.2 Å². The van der Waals surface area contributed by atoms with E-state index in [0.29, 0.717) is 6.54 Å². The van der Waals surface area contributed by atoms with Crippen LogP contribution in [-0.2, 0) is 11.2 Å². The van der Waals surface area contributed by atoms with Gasteiger partial charge in [0.25, 0.3) is 0 Å². The molecule has 1 aliphatic rings. The van der Waals surface area contributed by atoms with E-state index in [0.717, 1.165) is 42.7 Å². The van der Waals surface area contributed by atoms with Gasteiger partial charge in [-0.15, -0.1) is 0 Å². The van der Waals surface area contributed by atoms with Crippen LogP contribution in [0.4, 0.5) is 0 Å². The van der Waals surface area contributed by atoms with Gasteiger partial charge >= 0.3 is 0 Å². The number of carbonyl (C=O) groups excluding carboxylic acids is 1. The number of hydrogen-bond donors (Lipinski definition) is 2. The van der Waals surface area contributed by atoms with Gasteiger partial charge in [0.1, 0.15) is 0 Å². The summed E-state index contributed by atoms with van der Waals surface area (Å²) in [4.78, 5) is 12.4. The van der Waals surface area contributed by atoms with Crippen molar-refractivity contribution in [3.63, 3.8) is 0 Å². The highest BCUT2D eigenvalue weighted by Crippen LogP contribution is 2.37. The molecule has 1 amide bonds. The van der Waals surface area contributed by atoms with Gasteiger partial charge in [0.05, 0.1) is 5.41 Å². The highest BCUT2D eigenvalue weighted by molar-refractivity contribution is 6.30. The smallest absolute Gasteiger partial charge is 0.227 e. The first-order valence-corrected chi connectivity index (χ1v) is 7.69. The predicted octanol–water partition coefficient (Wildman–Crippen LogP) is 2.91. The van der Waals surface area contributed by atoms with Crippen molar-refractivity contribution in [3.05, 3.63) is 34.9 Å². The summed E-state index contributed by atoms with van der Waals surface area (Å²) < 4.78 is 0. The average Bonchev–Trinajstić information content (AvgIpc) is 2.88. The number of rotatable bonds is 5. The molecule has 0 heterocycles. The minimum Gasteiger partial charge on any atom is -0.353 e. The Bertz CT molecular complexity index is 469. The number of nitrogens with two attached hydrogens (primary N) is 1. The fourth-order valence-corrected chi connectivity index (χ4v) is 3.23. The molecule has 1 atom stereocenters. The van der Waals surface area contributed by atoms with Crippen LogP contribution in [0.3, 0.4) is 0 Å². The Morgan fingerprint density at radius 2 is 2.15 bits per heavy atom. The van der Waals surface area contributed by atoms with Crippen molar-refractivity contribution in [1.29, 1.82) is 0 Å². The summed E-state index contributed by atoms with van der Waals surface area (Å²) in [5.41, 5.74) is 6.65. The molecule has 0 aromatic heterocycles. The molecule has 0 aliphatic heterocycles. The summed E-state index contributed by atoms with van der Waals surface area (Å²) in [6.07, 6.45) is 4.83. The Labute approximate surface area is 125 Å². The van der Waals surface area contributed by atoms with Crippen LogP contribution in [0.15, 0.2) is 24.3 Å². The molecule has 2 rings (SSSR count). The van der Waals surface area contributed by atoms with Crippen molar-refractivity contribution in [2.24, 2.45) is 11.1 Å².